The SMILES string of the molecule is O=C(Nc1ccc2ccccc2c1)C1CC(=O)N(Cc2ccc3c(c2)OCO3)C1. The first kappa shape index (κ1) is 17.6. The molecule has 1 atom stereocenters. The lowest BCUT2D eigenvalue weighted by molar-refractivity contribution is -0.128. The van der Waals surface area contributed by atoms with Crippen molar-refractivity contribution >= 4 is 28.3 Å². The fraction of sp³-hybridized carbons (Fsp3) is 0.217. The molecule has 6 nitrogen and oxygen atoms in total. The predicted molar refractivity (Wildman–Crippen MR) is 109 cm³/mol. The molecule has 29 heavy (non-hydrogen) atoms. The minimum atomic E-state index is -0.358. The topological polar surface area (TPSA) is 67.9 Å². The molecule has 2 aliphatic heterocycles. The number of amides is 2. The highest BCUT2D eigenvalue weighted by atomic mass is 16.7. The van der Waals surface area contributed by atoms with E-state index in [1.807, 2.05) is 60.7 Å². The summed E-state index contributed by atoms with van der Waals surface area (Å²) >= 11 is 0. The summed E-state index contributed by atoms with van der Waals surface area (Å²) in [5.74, 6) is 0.917. The number of carbonyl (C=O) groups excluding carboxylic acids is 2. The zero-order chi connectivity index (χ0) is 19.8. The third-order valence-corrected chi connectivity index (χ3v) is 5.41. The second kappa shape index (κ2) is 7.13. The number of likely N-dealkylation sites (tertiary alicyclic amines) is 1. The first-order valence-electron chi connectivity index (χ1n) is 9.62. The molecule has 3 aromatic carbocycles. The van der Waals surface area contributed by atoms with Crippen molar-refractivity contribution in [1.82, 2.24) is 4.90 Å². The van der Waals surface area contributed by atoms with Gasteiger partial charge in [-0.05, 0) is 40.6 Å². The van der Waals surface area contributed by atoms with Gasteiger partial charge in [0, 0.05) is 25.2 Å². The van der Waals surface area contributed by atoms with Crippen LogP contribution in [0.5, 0.6) is 11.5 Å². The molecular weight excluding hydrogens is 368 g/mol. The molecule has 6 heteroatoms. The Hall–Kier alpha value is -3.54. The van der Waals surface area contributed by atoms with Crippen molar-refractivity contribution < 1.29 is 19.1 Å². The van der Waals surface area contributed by atoms with Gasteiger partial charge in [0.15, 0.2) is 11.5 Å². The molecule has 2 heterocycles. The third-order valence-electron chi connectivity index (χ3n) is 5.41. The molecule has 1 unspecified atom stereocenters. The van der Waals surface area contributed by atoms with Crippen LogP contribution in [0.4, 0.5) is 5.69 Å². The fourth-order valence-electron chi connectivity index (χ4n) is 3.87. The number of hydrogen-bond acceptors (Lipinski definition) is 4. The van der Waals surface area contributed by atoms with Gasteiger partial charge in [0.2, 0.25) is 18.6 Å². The molecule has 0 aliphatic carbocycles. The predicted octanol–water partition coefficient (Wildman–Crippen LogP) is 3.56. The van der Waals surface area contributed by atoms with Gasteiger partial charge in [-0.15, -0.1) is 0 Å². The summed E-state index contributed by atoms with van der Waals surface area (Å²) in [5.41, 5.74) is 1.70. The number of benzene rings is 3. The number of nitrogens with one attached hydrogen (secondary N) is 1. The Balaban J connectivity index is 1.25. The normalized spacial score (nSPS) is 17.7. The van der Waals surface area contributed by atoms with Crippen molar-refractivity contribution in [1.29, 1.82) is 0 Å². The van der Waals surface area contributed by atoms with Crippen LogP contribution in [0.2, 0.25) is 0 Å². The van der Waals surface area contributed by atoms with Crippen LogP contribution in [0.25, 0.3) is 10.8 Å². The molecule has 0 bridgehead atoms. The number of ether oxygens (including phenoxy) is 2. The Morgan fingerprint density at radius 3 is 2.72 bits per heavy atom. The van der Waals surface area contributed by atoms with Gasteiger partial charge in [-0.2, -0.15) is 0 Å². The second-order valence-electron chi connectivity index (χ2n) is 7.41. The van der Waals surface area contributed by atoms with E-state index in [2.05, 4.69) is 5.32 Å². The van der Waals surface area contributed by atoms with Crippen LogP contribution in [0.1, 0.15) is 12.0 Å². The van der Waals surface area contributed by atoms with Gasteiger partial charge in [-0.25, -0.2) is 0 Å². The molecule has 2 amide bonds. The number of carbonyl (C=O) groups is 2. The molecule has 0 saturated carbocycles. The van der Waals surface area contributed by atoms with Crippen LogP contribution < -0.4 is 14.8 Å². The average molecular weight is 388 g/mol. The van der Waals surface area contributed by atoms with E-state index >= 15 is 0 Å². The van der Waals surface area contributed by atoms with E-state index in [4.69, 9.17) is 9.47 Å². The zero-order valence-corrected chi connectivity index (χ0v) is 15.8. The van der Waals surface area contributed by atoms with Gasteiger partial charge in [0.25, 0.3) is 0 Å². The van der Waals surface area contributed by atoms with E-state index in [1.54, 1.807) is 4.90 Å². The maximum Gasteiger partial charge on any atom is 0.231 e. The highest BCUT2D eigenvalue weighted by Crippen LogP contribution is 2.33. The van der Waals surface area contributed by atoms with Crippen molar-refractivity contribution in [2.75, 3.05) is 18.7 Å². The second-order valence-corrected chi connectivity index (χ2v) is 7.41. The summed E-state index contributed by atoms with van der Waals surface area (Å²) in [4.78, 5) is 26.9. The Labute approximate surface area is 168 Å². The molecule has 0 spiro atoms. The number of hydrogen-bond donors (Lipinski definition) is 1. The largest absolute Gasteiger partial charge is 0.454 e. The quantitative estimate of drug-likeness (QED) is 0.742. The first-order chi connectivity index (χ1) is 14.2. The molecule has 2 aliphatic rings. The highest BCUT2D eigenvalue weighted by molar-refractivity contribution is 5.98. The maximum absolute atomic E-state index is 12.7. The van der Waals surface area contributed by atoms with Gasteiger partial charge in [-0.3, -0.25) is 9.59 Å². The van der Waals surface area contributed by atoms with E-state index in [1.165, 1.54) is 0 Å². The van der Waals surface area contributed by atoms with Crippen molar-refractivity contribution in [3.8, 4) is 11.5 Å². The zero-order valence-electron chi connectivity index (χ0n) is 15.8. The van der Waals surface area contributed by atoms with E-state index in [0.717, 1.165) is 22.0 Å². The van der Waals surface area contributed by atoms with Crippen LogP contribution in [-0.4, -0.2) is 30.1 Å². The van der Waals surface area contributed by atoms with Crippen molar-refractivity contribution in [3.63, 3.8) is 0 Å². The van der Waals surface area contributed by atoms with E-state index in [-0.39, 0.29) is 30.9 Å². The smallest absolute Gasteiger partial charge is 0.231 e. The minimum Gasteiger partial charge on any atom is -0.454 e. The molecule has 1 N–H and O–H groups in total. The molecular formula is C23H20N2O4. The van der Waals surface area contributed by atoms with Gasteiger partial charge >= 0.3 is 0 Å². The van der Waals surface area contributed by atoms with Gasteiger partial charge in [0.05, 0.1) is 5.92 Å². The summed E-state index contributed by atoms with van der Waals surface area (Å²) in [5, 5.41) is 5.15. The van der Waals surface area contributed by atoms with E-state index in [9.17, 15) is 9.59 Å². The molecule has 3 aromatic rings. The number of fused-ring (bicyclic) bond motifs is 2. The molecule has 146 valence electrons. The lowest BCUT2D eigenvalue weighted by Gasteiger charge is -2.17. The Bertz CT molecular complexity index is 1110. The monoisotopic (exact) mass is 388 g/mol. The molecule has 0 aromatic heterocycles. The Morgan fingerprint density at radius 2 is 1.83 bits per heavy atom. The van der Waals surface area contributed by atoms with E-state index in [0.29, 0.717) is 24.6 Å². The molecule has 5 rings (SSSR count). The van der Waals surface area contributed by atoms with Crippen LogP contribution in [-0.2, 0) is 16.1 Å². The van der Waals surface area contributed by atoms with Crippen molar-refractivity contribution in [2.24, 2.45) is 5.92 Å². The van der Waals surface area contributed by atoms with Crippen LogP contribution in [0.3, 0.4) is 0 Å². The van der Waals surface area contributed by atoms with Crippen molar-refractivity contribution in [3.05, 3.63) is 66.2 Å². The summed E-state index contributed by atoms with van der Waals surface area (Å²) in [6.45, 7) is 1.08. The lowest BCUT2D eigenvalue weighted by Crippen LogP contribution is -2.28. The van der Waals surface area contributed by atoms with E-state index < -0.39 is 0 Å². The number of rotatable bonds is 4. The van der Waals surface area contributed by atoms with Crippen molar-refractivity contribution in [2.45, 2.75) is 13.0 Å². The number of anilines is 1. The Kier molecular flexibility index (Phi) is 4.31. The summed E-state index contributed by atoms with van der Waals surface area (Å²) < 4.78 is 10.7. The fourth-order valence-corrected chi connectivity index (χ4v) is 3.87. The maximum atomic E-state index is 12.7. The van der Waals surface area contributed by atoms with Crippen LogP contribution in [0.15, 0.2) is 60.7 Å². The summed E-state index contributed by atoms with van der Waals surface area (Å²) in [7, 11) is 0. The van der Waals surface area contributed by atoms with Gasteiger partial charge in [0.1, 0.15) is 0 Å². The molecule has 1 saturated heterocycles. The first-order valence-corrected chi connectivity index (χ1v) is 9.62. The third kappa shape index (κ3) is 3.49. The van der Waals surface area contributed by atoms with Crippen LogP contribution >= 0.6 is 0 Å². The standard InChI is InChI=1S/C23H20N2O4/c26-22-11-18(13-25(22)12-15-5-8-20-21(9-15)29-14-28-20)23(27)24-19-7-6-16-3-1-2-4-17(16)10-19/h1-10,18H,11-14H2,(H,24,27). The summed E-state index contributed by atoms with van der Waals surface area (Å²) in [6.07, 6.45) is 0.226. The highest BCUT2D eigenvalue weighted by Gasteiger charge is 2.34. The molecule has 1 fully saturated rings. The average Bonchev–Trinajstić information content (AvgIpc) is 3.34. The van der Waals surface area contributed by atoms with Gasteiger partial charge < -0.3 is 19.7 Å². The Morgan fingerprint density at radius 1 is 1.00 bits per heavy atom. The number of nitrogens with zero attached hydrogens (tertiary/aromatic N) is 1. The lowest BCUT2D eigenvalue weighted by atomic mass is 10.1. The van der Waals surface area contributed by atoms with Gasteiger partial charge in [-0.1, -0.05) is 36.4 Å². The van der Waals surface area contributed by atoms with Crippen LogP contribution in [0, 0.1) is 5.92 Å². The molecule has 0 radical (unpaired) electrons. The summed E-state index contributed by atoms with van der Waals surface area (Å²) in [6, 6.07) is 19.5. The minimum absolute atomic E-state index is 0.0127.